The molecule has 0 unspecified atom stereocenters. The van der Waals surface area contributed by atoms with Crippen LogP contribution in [0.5, 0.6) is 0 Å². The summed E-state index contributed by atoms with van der Waals surface area (Å²) in [4.78, 5) is 11.9. The zero-order valence-corrected chi connectivity index (χ0v) is 12.9. The number of sulfonamides is 1. The molecule has 1 aromatic carbocycles. The van der Waals surface area contributed by atoms with Crippen molar-refractivity contribution >= 4 is 15.9 Å². The van der Waals surface area contributed by atoms with Gasteiger partial charge in [0.1, 0.15) is 0 Å². The van der Waals surface area contributed by atoms with Gasteiger partial charge in [-0.15, -0.1) is 0 Å². The van der Waals surface area contributed by atoms with Gasteiger partial charge in [-0.1, -0.05) is 0 Å². The van der Waals surface area contributed by atoms with E-state index in [0.717, 1.165) is 0 Å². The molecule has 8 heteroatoms. The molecule has 0 heterocycles. The third-order valence-electron chi connectivity index (χ3n) is 2.76. The summed E-state index contributed by atoms with van der Waals surface area (Å²) in [5.74, 6) is -0.288. The minimum Gasteiger partial charge on any atom is -0.383 e. The fourth-order valence-electron chi connectivity index (χ4n) is 1.51. The number of hydrogen-bond donors (Lipinski definition) is 3. The summed E-state index contributed by atoms with van der Waals surface area (Å²) in [6.07, 6.45) is 0. The molecule has 0 saturated heterocycles. The molecule has 1 atom stereocenters. The van der Waals surface area contributed by atoms with Gasteiger partial charge in [-0.05, 0) is 31.2 Å². The van der Waals surface area contributed by atoms with Crippen molar-refractivity contribution in [2.24, 2.45) is 5.73 Å². The van der Waals surface area contributed by atoms with Gasteiger partial charge in [0, 0.05) is 31.8 Å². The zero-order chi connectivity index (χ0) is 15.9. The van der Waals surface area contributed by atoms with Gasteiger partial charge in [-0.2, -0.15) is 0 Å². The molecule has 0 aromatic heterocycles. The third kappa shape index (κ3) is 5.43. The molecule has 118 valence electrons. The molecule has 1 rings (SSSR count). The first-order valence-electron chi connectivity index (χ1n) is 6.50. The van der Waals surface area contributed by atoms with Crippen LogP contribution in [0.4, 0.5) is 0 Å². The van der Waals surface area contributed by atoms with Gasteiger partial charge in [-0.3, -0.25) is 4.79 Å². The van der Waals surface area contributed by atoms with E-state index < -0.39 is 10.0 Å². The van der Waals surface area contributed by atoms with E-state index in [1.165, 1.54) is 31.4 Å². The molecule has 0 spiro atoms. The van der Waals surface area contributed by atoms with Gasteiger partial charge in [0.25, 0.3) is 5.91 Å². The van der Waals surface area contributed by atoms with Crippen LogP contribution in [0.1, 0.15) is 17.3 Å². The number of methoxy groups -OCH3 is 1. The van der Waals surface area contributed by atoms with E-state index in [9.17, 15) is 13.2 Å². The van der Waals surface area contributed by atoms with Crippen molar-refractivity contribution in [1.29, 1.82) is 0 Å². The second-order valence-electron chi connectivity index (χ2n) is 4.53. The van der Waals surface area contributed by atoms with Gasteiger partial charge < -0.3 is 15.8 Å². The van der Waals surface area contributed by atoms with Crippen LogP contribution in [0.3, 0.4) is 0 Å². The maximum absolute atomic E-state index is 11.9. The third-order valence-corrected chi connectivity index (χ3v) is 4.23. The molecule has 21 heavy (non-hydrogen) atoms. The van der Waals surface area contributed by atoms with Crippen LogP contribution in [0.25, 0.3) is 0 Å². The Morgan fingerprint density at radius 3 is 2.48 bits per heavy atom. The minimum atomic E-state index is -3.58. The van der Waals surface area contributed by atoms with Crippen molar-refractivity contribution in [3.8, 4) is 0 Å². The molecule has 0 saturated carbocycles. The summed E-state index contributed by atoms with van der Waals surface area (Å²) in [6, 6.07) is 5.55. The van der Waals surface area contributed by atoms with E-state index in [1.54, 1.807) is 6.92 Å². The summed E-state index contributed by atoms with van der Waals surface area (Å²) in [7, 11) is -2.09. The van der Waals surface area contributed by atoms with Crippen molar-refractivity contribution < 1.29 is 17.9 Å². The van der Waals surface area contributed by atoms with Crippen LogP contribution in [-0.2, 0) is 14.8 Å². The van der Waals surface area contributed by atoms with Crippen molar-refractivity contribution in [2.45, 2.75) is 17.9 Å². The number of amides is 1. The largest absolute Gasteiger partial charge is 0.383 e. The van der Waals surface area contributed by atoms with E-state index >= 15 is 0 Å². The molecule has 0 bridgehead atoms. The van der Waals surface area contributed by atoms with Crippen molar-refractivity contribution in [2.75, 3.05) is 26.8 Å². The van der Waals surface area contributed by atoms with Gasteiger partial charge in [0.2, 0.25) is 10.0 Å². The van der Waals surface area contributed by atoms with Crippen molar-refractivity contribution in [3.63, 3.8) is 0 Å². The molecular weight excluding hydrogens is 294 g/mol. The standard InChI is InChI=1S/C13H21N3O4S/c1-10(9-14)16-13(17)11-3-5-12(6-4-11)21(18,19)15-7-8-20-2/h3-6,10,15H,7-9,14H2,1-2H3,(H,16,17)/t10-/m0/s1. The Kier molecular flexibility index (Phi) is 6.76. The molecule has 0 radical (unpaired) electrons. The SMILES string of the molecule is COCCNS(=O)(=O)c1ccc(C(=O)N[C@@H](C)CN)cc1. The number of carbonyl (C=O) groups is 1. The smallest absolute Gasteiger partial charge is 0.251 e. The highest BCUT2D eigenvalue weighted by Crippen LogP contribution is 2.10. The van der Waals surface area contributed by atoms with Crippen LogP contribution in [0.2, 0.25) is 0 Å². The number of nitrogens with two attached hydrogens (primary N) is 1. The lowest BCUT2D eigenvalue weighted by atomic mass is 10.2. The Bertz CT molecular complexity index is 557. The van der Waals surface area contributed by atoms with Crippen LogP contribution in [-0.4, -0.2) is 47.2 Å². The molecule has 0 aliphatic heterocycles. The fourth-order valence-corrected chi connectivity index (χ4v) is 2.53. The molecule has 0 aliphatic rings. The monoisotopic (exact) mass is 315 g/mol. The van der Waals surface area contributed by atoms with E-state index in [-0.39, 0.29) is 30.0 Å². The molecular formula is C13H21N3O4S. The molecule has 1 amide bonds. The lowest BCUT2D eigenvalue weighted by molar-refractivity contribution is 0.0941. The number of carbonyl (C=O) groups excluding carboxylic acids is 1. The summed E-state index contributed by atoms with van der Waals surface area (Å²) in [6.45, 7) is 2.60. The zero-order valence-electron chi connectivity index (χ0n) is 12.1. The number of hydrogen-bond acceptors (Lipinski definition) is 5. The average molecular weight is 315 g/mol. The molecule has 1 aromatic rings. The maximum atomic E-state index is 11.9. The van der Waals surface area contributed by atoms with Gasteiger partial charge >= 0.3 is 0 Å². The number of rotatable bonds is 8. The maximum Gasteiger partial charge on any atom is 0.251 e. The molecule has 4 N–H and O–H groups in total. The highest BCUT2D eigenvalue weighted by atomic mass is 32.2. The van der Waals surface area contributed by atoms with E-state index in [2.05, 4.69) is 10.0 Å². The molecule has 7 nitrogen and oxygen atoms in total. The second-order valence-corrected chi connectivity index (χ2v) is 6.29. The minimum absolute atomic E-state index is 0.0991. The lowest BCUT2D eigenvalue weighted by Gasteiger charge is -2.11. The number of benzene rings is 1. The van der Waals surface area contributed by atoms with Gasteiger partial charge in [-0.25, -0.2) is 13.1 Å². The molecule has 0 fully saturated rings. The van der Waals surface area contributed by atoms with Crippen LogP contribution in [0.15, 0.2) is 29.2 Å². The first-order valence-corrected chi connectivity index (χ1v) is 7.98. The Morgan fingerprint density at radius 1 is 1.33 bits per heavy atom. The predicted octanol–water partition coefficient (Wildman–Crippen LogP) is -0.312. The van der Waals surface area contributed by atoms with Crippen molar-refractivity contribution in [1.82, 2.24) is 10.0 Å². The van der Waals surface area contributed by atoms with Crippen LogP contribution >= 0.6 is 0 Å². The quantitative estimate of drug-likeness (QED) is 0.570. The number of nitrogens with one attached hydrogen (secondary N) is 2. The number of ether oxygens (including phenoxy) is 1. The second kappa shape index (κ2) is 8.08. The Labute approximate surface area is 124 Å². The Morgan fingerprint density at radius 2 is 1.95 bits per heavy atom. The molecule has 0 aliphatic carbocycles. The van der Waals surface area contributed by atoms with Gasteiger partial charge in [0.15, 0.2) is 0 Å². The van der Waals surface area contributed by atoms with Gasteiger partial charge in [0.05, 0.1) is 11.5 Å². The van der Waals surface area contributed by atoms with Crippen LogP contribution < -0.4 is 15.8 Å². The predicted molar refractivity (Wildman–Crippen MR) is 79.5 cm³/mol. The topological polar surface area (TPSA) is 111 Å². The Balaban J connectivity index is 2.75. The first kappa shape index (κ1) is 17.6. The summed E-state index contributed by atoms with van der Waals surface area (Å²) in [5, 5.41) is 2.70. The lowest BCUT2D eigenvalue weighted by Crippen LogP contribution is -2.37. The summed E-state index contributed by atoms with van der Waals surface area (Å²) >= 11 is 0. The summed E-state index contributed by atoms with van der Waals surface area (Å²) in [5.41, 5.74) is 5.81. The first-order chi connectivity index (χ1) is 9.90. The fraction of sp³-hybridized carbons (Fsp3) is 0.462. The summed E-state index contributed by atoms with van der Waals surface area (Å²) < 4.78 is 31.0. The average Bonchev–Trinajstić information content (AvgIpc) is 2.47. The highest BCUT2D eigenvalue weighted by molar-refractivity contribution is 7.89. The van der Waals surface area contributed by atoms with E-state index in [1.807, 2.05) is 0 Å². The highest BCUT2D eigenvalue weighted by Gasteiger charge is 2.14. The van der Waals surface area contributed by atoms with Crippen LogP contribution in [0, 0.1) is 0 Å². The Hall–Kier alpha value is -1.48. The normalized spacial score (nSPS) is 12.9. The van der Waals surface area contributed by atoms with E-state index in [0.29, 0.717) is 12.1 Å². The van der Waals surface area contributed by atoms with Crippen molar-refractivity contribution in [3.05, 3.63) is 29.8 Å². The van der Waals surface area contributed by atoms with E-state index in [4.69, 9.17) is 10.5 Å².